The Hall–Kier alpha value is -1.03. The van der Waals surface area contributed by atoms with Gasteiger partial charge in [-0.15, -0.1) is 0 Å². The SMILES string of the molecule is C[C@@H]1CNC[C@H]1CNc1cnn(C)c1. The van der Waals surface area contributed by atoms with Crippen LogP contribution in [0.25, 0.3) is 0 Å². The molecule has 1 fully saturated rings. The largest absolute Gasteiger partial charge is 0.382 e. The molecule has 2 atom stereocenters. The fourth-order valence-electron chi connectivity index (χ4n) is 1.90. The average Bonchev–Trinajstić information content (AvgIpc) is 2.72. The molecule has 4 heteroatoms. The number of hydrogen-bond acceptors (Lipinski definition) is 3. The van der Waals surface area contributed by atoms with Gasteiger partial charge in [0.2, 0.25) is 0 Å². The minimum Gasteiger partial charge on any atom is -0.382 e. The van der Waals surface area contributed by atoms with Crippen LogP contribution in [0.4, 0.5) is 5.69 Å². The zero-order chi connectivity index (χ0) is 9.97. The van der Waals surface area contributed by atoms with Gasteiger partial charge in [-0.1, -0.05) is 6.92 Å². The Balaban J connectivity index is 1.82. The predicted molar refractivity (Wildman–Crippen MR) is 57.2 cm³/mol. The molecule has 14 heavy (non-hydrogen) atoms. The Kier molecular flexibility index (Phi) is 2.72. The van der Waals surface area contributed by atoms with Crippen LogP contribution in [0.3, 0.4) is 0 Å². The van der Waals surface area contributed by atoms with Gasteiger partial charge in [0.05, 0.1) is 11.9 Å². The summed E-state index contributed by atoms with van der Waals surface area (Å²) in [5.41, 5.74) is 1.12. The predicted octanol–water partition coefficient (Wildman–Crippen LogP) is 0.687. The van der Waals surface area contributed by atoms with Crippen LogP contribution in [0.15, 0.2) is 12.4 Å². The van der Waals surface area contributed by atoms with Crippen molar-refractivity contribution in [3.05, 3.63) is 12.4 Å². The second-order valence-electron chi connectivity index (χ2n) is 4.18. The van der Waals surface area contributed by atoms with Gasteiger partial charge in [-0.3, -0.25) is 4.68 Å². The molecular weight excluding hydrogens is 176 g/mol. The van der Waals surface area contributed by atoms with Gasteiger partial charge in [0.1, 0.15) is 0 Å². The zero-order valence-electron chi connectivity index (χ0n) is 8.83. The van der Waals surface area contributed by atoms with Crippen molar-refractivity contribution < 1.29 is 0 Å². The third kappa shape index (κ3) is 2.07. The average molecular weight is 194 g/mol. The van der Waals surface area contributed by atoms with E-state index in [2.05, 4.69) is 22.7 Å². The van der Waals surface area contributed by atoms with Gasteiger partial charge in [-0.2, -0.15) is 5.10 Å². The summed E-state index contributed by atoms with van der Waals surface area (Å²) in [6.45, 7) is 5.63. The molecule has 1 aliphatic rings. The molecule has 0 saturated carbocycles. The van der Waals surface area contributed by atoms with Gasteiger partial charge < -0.3 is 10.6 Å². The van der Waals surface area contributed by atoms with Gasteiger partial charge in [-0.05, 0) is 24.9 Å². The monoisotopic (exact) mass is 194 g/mol. The van der Waals surface area contributed by atoms with Crippen LogP contribution in [0.5, 0.6) is 0 Å². The van der Waals surface area contributed by atoms with Crippen molar-refractivity contribution in [2.75, 3.05) is 25.0 Å². The molecule has 4 nitrogen and oxygen atoms in total. The number of aryl methyl sites for hydroxylation is 1. The van der Waals surface area contributed by atoms with Crippen molar-refractivity contribution in [1.82, 2.24) is 15.1 Å². The molecule has 0 aliphatic carbocycles. The molecule has 0 radical (unpaired) electrons. The van der Waals surface area contributed by atoms with Crippen molar-refractivity contribution in [3.63, 3.8) is 0 Å². The van der Waals surface area contributed by atoms with Gasteiger partial charge in [0.15, 0.2) is 0 Å². The number of hydrogen-bond donors (Lipinski definition) is 2. The second-order valence-corrected chi connectivity index (χ2v) is 4.18. The lowest BCUT2D eigenvalue weighted by Crippen LogP contribution is -2.20. The van der Waals surface area contributed by atoms with Crippen molar-refractivity contribution >= 4 is 5.69 Å². The normalized spacial score (nSPS) is 26.7. The van der Waals surface area contributed by atoms with Crippen LogP contribution in [0, 0.1) is 11.8 Å². The van der Waals surface area contributed by atoms with Crippen LogP contribution >= 0.6 is 0 Å². The fourth-order valence-corrected chi connectivity index (χ4v) is 1.90. The standard InChI is InChI=1S/C10H18N4/c1-8-3-11-4-9(8)5-12-10-6-13-14(2)7-10/h6-9,11-12H,3-5H2,1-2H3/t8-,9+/m1/s1. The van der Waals surface area contributed by atoms with E-state index in [1.54, 1.807) is 0 Å². The molecule has 2 N–H and O–H groups in total. The van der Waals surface area contributed by atoms with E-state index in [1.165, 1.54) is 0 Å². The molecule has 2 rings (SSSR count). The molecule has 0 spiro atoms. The Bertz CT molecular complexity index is 294. The summed E-state index contributed by atoms with van der Waals surface area (Å²) in [7, 11) is 1.94. The Labute approximate surface area is 84.7 Å². The maximum atomic E-state index is 4.12. The molecule has 1 aliphatic heterocycles. The van der Waals surface area contributed by atoms with E-state index in [-0.39, 0.29) is 0 Å². The molecule has 1 saturated heterocycles. The van der Waals surface area contributed by atoms with E-state index in [1.807, 2.05) is 24.1 Å². The lowest BCUT2D eigenvalue weighted by atomic mass is 9.98. The minimum atomic E-state index is 0.746. The lowest BCUT2D eigenvalue weighted by Gasteiger charge is -2.14. The smallest absolute Gasteiger partial charge is 0.0726 e. The van der Waals surface area contributed by atoms with Gasteiger partial charge in [0.25, 0.3) is 0 Å². The van der Waals surface area contributed by atoms with Crippen LogP contribution in [0.1, 0.15) is 6.92 Å². The molecule has 78 valence electrons. The molecular formula is C10H18N4. The summed E-state index contributed by atoms with van der Waals surface area (Å²) in [5, 5.41) is 10.9. The Morgan fingerprint density at radius 2 is 2.50 bits per heavy atom. The summed E-state index contributed by atoms with van der Waals surface area (Å²) in [6, 6.07) is 0. The highest BCUT2D eigenvalue weighted by Crippen LogP contribution is 2.16. The third-order valence-electron chi connectivity index (χ3n) is 2.95. The van der Waals surface area contributed by atoms with E-state index in [0.29, 0.717) is 0 Å². The number of anilines is 1. The van der Waals surface area contributed by atoms with Crippen molar-refractivity contribution in [1.29, 1.82) is 0 Å². The van der Waals surface area contributed by atoms with Crippen LogP contribution in [0.2, 0.25) is 0 Å². The minimum absolute atomic E-state index is 0.746. The van der Waals surface area contributed by atoms with Crippen molar-refractivity contribution in [3.8, 4) is 0 Å². The van der Waals surface area contributed by atoms with E-state index in [0.717, 1.165) is 37.2 Å². The van der Waals surface area contributed by atoms with E-state index in [4.69, 9.17) is 0 Å². The number of nitrogens with one attached hydrogen (secondary N) is 2. The van der Waals surface area contributed by atoms with E-state index >= 15 is 0 Å². The molecule has 0 unspecified atom stereocenters. The molecule has 2 heterocycles. The topological polar surface area (TPSA) is 41.9 Å². The van der Waals surface area contributed by atoms with Gasteiger partial charge >= 0.3 is 0 Å². The molecule has 0 aromatic carbocycles. The zero-order valence-corrected chi connectivity index (χ0v) is 8.83. The first-order chi connectivity index (χ1) is 6.75. The van der Waals surface area contributed by atoms with Crippen LogP contribution < -0.4 is 10.6 Å². The number of rotatable bonds is 3. The Morgan fingerprint density at radius 3 is 3.07 bits per heavy atom. The van der Waals surface area contributed by atoms with Crippen LogP contribution in [-0.4, -0.2) is 29.4 Å². The summed E-state index contributed by atoms with van der Waals surface area (Å²) < 4.78 is 1.82. The lowest BCUT2D eigenvalue weighted by molar-refractivity contribution is 0.475. The van der Waals surface area contributed by atoms with E-state index in [9.17, 15) is 0 Å². The maximum absolute atomic E-state index is 4.12. The highest BCUT2D eigenvalue weighted by molar-refractivity contribution is 5.37. The first kappa shape index (κ1) is 9.52. The highest BCUT2D eigenvalue weighted by atomic mass is 15.3. The first-order valence-electron chi connectivity index (χ1n) is 5.19. The fraction of sp³-hybridized carbons (Fsp3) is 0.700. The maximum Gasteiger partial charge on any atom is 0.0726 e. The van der Waals surface area contributed by atoms with Crippen molar-refractivity contribution in [2.24, 2.45) is 18.9 Å². The summed E-state index contributed by atoms with van der Waals surface area (Å²) in [6.07, 6.45) is 3.88. The van der Waals surface area contributed by atoms with Crippen LogP contribution in [-0.2, 0) is 7.05 Å². The Morgan fingerprint density at radius 1 is 1.64 bits per heavy atom. The number of aromatic nitrogens is 2. The van der Waals surface area contributed by atoms with Crippen molar-refractivity contribution in [2.45, 2.75) is 6.92 Å². The molecule has 1 aromatic heterocycles. The summed E-state index contributed by atoms with van der Waals surface area (Å²) in [4.78, 5) is 0. The number of nitrogens with zero attached hydrogens (tertiary/aromatic N) is 2. The highest BCUT2D eigenvalue weighted by Gasteiger charge is 2.22. The third-order valence-corrected chi connectivity index (χ3v) is 2.95. The quantitative estimate of drug-likeness (QED) is 0.744. The summed E-state index contributed by atoms with van der Waals surface area (Å²) >= 11 is 0. The second kappa shape index (κ2) is 4.00. The first-order valence-corrected chi connectivity index (χ1v) is 5.19. The molecule has 1 aromatic rings. The van der Waals surface area contributed by atoms with Gasteiger partial charge in [-0.25, -0.2) is 0 Å². The summed E-state index contributed by atoms with van der Waals surface area (Å²) in [5.74, 6) is 1.52. The van der Waals surface area contributed by atoms with Gasteiger partial charge in [0, 0.05) is 19.8 Å². The molecule has 0 amide bonds. The van der Waals surface area contributed by atoms with E-state index < -0.39 is 0 Å². The molecule has 0 bridgehead atoms.